The van der Waals surface area contributed by atoms with Gasteiger partial charge in [0, 0.05) is 12.0 Å². The number of rotatable bonds is 3. The fraction of sp³-hybridized carbons (Fsp3) is 0.647. The summed E-state index contributed by atoms with van der Waals surface area (Å²) in [5, 5.41) is 10.8. The monoisotopic (exact) mass is 261 g/mol. The van der Waals surface area contributed by atoms with Gasteiger partial charge >= 0.3 is 0 Å². The zero-order valence-corrected chi connectivity index (χ0v) is 12.4. The summed E-state index contributed by atoms with van der Waals surface area (Å²) in [5.41, 5.74) is 8.51. The van der Waals surface area contributed by atoms with Crippen molar-refractivity contribution in [3.63, 3.8) is 0 Å². The van der Waals surface area contributed by atoms with Gasteiger partial charge in [-0.05, 0) is 43.6 Å². The van der Waals surface area contributed by atoms with Crippen molar-refractivity contribution in [1.29, 1.82) is 0 Å². The highest BCUT2D eigenvalue weighted by atomic mass is 16.3. The molecule has 2 heteroatoms. The minimum absolute atomic E-state index is 0.136. The van der Waals surface area contributed by atoms with Gasteiger partial charge in [0.1, 0.15) is 0 Å². The van der Waals surface area contributed by atoms with Gasteiger partial charge in [-0.15, -0.1) is 0 Å². The first kappa shape index (κ1) is 14.5. The molecule has 0 heterocycles. The Morgan fingerprint density at radius 1 is 1.21 bits per heavy atom. The van der Waals surface area contributed by atoms with Crippen LogP contribution in [0.2, 0.25) is 0 Å². The molecule has 0 radical (unpaired) electrons. The van der Waals surface area contributed by atoms with Crippen LogP contribution in [0.5, 0.6) is 0 Å². The molecule has 3 N–H and O–H groups in total. The van der Waals surface area contributed by atoms with E-state index in [-0.39, 0.29) is 5.41 Å². The van der Waals surface area contributed by atoms with Crippen molar-refractivity contribution in [2.24, 2.45) is 16.6 Å². The zero-order valence-electron chi connectivity index (χ0n) is 12.4. The number of nitrogens with two attached hydrogens (primary N) is 1. The van der Waals surface area contributed by atoms with Crippen LogP contribution in [0, 0.1) is 17.8 Å². The predicted octanol–water partition coefficient (Wildman–Crippen LogP) is 3.57. The largest absolute Gasteiger partial charge is 0.388 e. The summed E-state index contributed by atoms with van der Waals surface area (Å²) in [5.74, 6) is 0. The van der Waals surface area contributed by atoms with Gasteiger partial charge in [0.05, 0.1) is 6.10 Å². The van der Waals surface area contributed by atoms with Gasteiger partial charge in [-0.3, -0.25) is 0 Å². The molecule has 0 aliphatic heterocycles. The van der Waals surface area contributed by atoms with E-state index in [2.05, 4.69) is 32.9 Å². The first-order chi connectivity index (χ1) is 8.88. The number of hydrogen-bond donors (Lipinski definition) is 2. The Kier molecular flexibility index (Phi) is 4.03. The highest BCUT2D eigenvalue weighted by Gasteiger charge is 2.42. The van der Waals surface area contributed by atoms with Crippen molar-refractivity contribution in [2.75, 3.05) is 6.54 Å². The third-order valence-electron chi connectivity index (χ3n) is 4.94. The average molecular weight is 261 g/mol. The van der Waals surface area contributed by atoms with Gasteiger partial charge in [-0.2, -0.15) is 0 Å². The summed E-state index contributed by atoms with van der Waals surface area (Å²) >= 11 is 0. The van der Waals surface area contributed by atoms with E-state index in [4.69, 9.17) is 5.73 Å². The summed E-state index contributed by atoms with van der Waals surface area (Å²) in [6.45, 7) is 7.26. The second-order valence-corrected chi connectivity index (χ2v) is 7.05. The van der Waals surface area contributed by atoms with E-state index in [0.29, 0.717) is 12.0 Å². The van der Waals surface area contributed by atoms with Gasteiger partial charge in [-0.1, -0.05) is 43.7 Å². The molecule has 0 amide bonds. The summed E-state index contributed by atoms with van der Waals surface area (Å²) in [7, 11) is 0. The average Bonchev–Trinajstić information content (AvgIpc) is 2.39. The summed E-state index contributed by atoms with van der Waals surface area (Å²) in [6, 6.07) is 8.19. The molecule has 2 rings (SSSR count). The van der Waals surface area contributed by atoms with Crippen LogP contribution >= 0.6 is 0 Å². The normalized spacial score (nSPS) is 23.0. The molecule has 0 saturated heterocycles. The first-order valence-corrected chi connectivity index (χ1v) is 7.33. The van der Waals surface area contributed by atoms with Crippen molar-refractivity contribution in [2.45, 2.75) is 52.6 Å². The number of aryl methyl sites for hydroxylation is 1. The van der Waals surface area contributed by atoms with Crippen LogP contribution in [-0.2, 0) is 0 Å². The molecule has 1 aliphatic rings. The van der Waals surface area contributed by atoms with Crippen LogP contribution in [0.3, 0.4) is 0 Å². The topological polar surface area (TPSA) is 46.2 Å². The molecule has 0 spiro atoms. The molecule has 1 atom stereocenters. The lowest BCUT2D eigenvalue weighted by Gasteiger charge is -2.46. The van der Waals surface area contributed by atoms with Gasteiger partial charge in [-0.25, -0.2) is 0 Å². The molecule has 19 heavy (non-hydrogen) atoms. The van der Waals surface area contributed by atoms with Gasteiger partial charge in [0.25, 0.3) is 0 Å². The Hall–Kier alpha value is -0.860. The summed E-state index contributed by atoms with van der Waals surface area (Å²) < 4.78 is 0. The smallest absolute Gasteiger partial charge is 0.0858 e. The standard InChI is InChI=1S/C17H27NO/c1-13-5-4-6-14(11-13)15(19)17(12-18)9-7-16(2,3)8-10-17/h4-6,11,15,19H,7-10,12,18H2,1-3H3. The van der Waals surface area contributed by atoms with E-state index in [1.165, 1.54) is 5.56 Å². The van der Waals surface area contributed by atoms with Crippen molar-refractivity contribution >= 4 is 0 Å². The Morgan fingerprint density at radius 2 is 1.84 bits per heavy atom. The third-order valence-corrected chi connectivity index (χ3v) is 4.94. The second-order valence-electron chi connectivity index (χ2n) is 7.05. The lowest BCUT2D eigenvalue weighted by Crippen LogP contribution is -2.41. The fourth-order valence-corrected chi connectivity index (χ4v) is 3.21. The summed E-state index contributed by atoms with van der Waals surface area (Å²) in [4.78, 5) is 0. The number of aliphatic hydroxyl groups excluding tert-OH is 1. The van der Waals surface area contributed by atoms with Crippen molar-refractivity contribution < 1.29 is 5.11 Å². The van der Waals surface area contributed by atoms with Gasteiger partial charge in [0.2, 0.25) is 0 Å². The lowest BCUT2D eigenvalue weighted by atomic mass is 9.62. The van der Waals surface area contributed by atoms with E-state index >= 15 is 0 Å². The Labute approximate surface area is 117 Å². The molecule has 2 nitrogen and oxygen atoms in total. The van der Waals surface area contributed by atoms with Crippen molar-refractivity contribution in [3.8, 4) is 0 Å². The number of benzene rings is 1. The first-order valence-electron chi connectivity index (χ1n) is 7.33. The van der Waals surface area contributed by atoms with E-state index in [9.17, 15) is 5.11 Å². The molecule has 1 aliphatic carbocycles. The van der Waals surface area contributed by atoms with Crippen LogP contribution in [0.4, 0.5) is 0 Å². The number of hydrogen-bond acceptors (Lipinski definition) is 2. The maximum atomic E-state index is 10.8. The van der Waals surface area contributed by atoms with E-state index < -0.39 is 6.10 Å². The second kappa shape index (κ2) is 5.26. The molecule has 0 bridgehead atoms. The lowest BCUT2D eigenvalue weighted by molar-refractivity contribution is -0.0235. The molecular formula is C17H27NO. The fourth-order valence-electron chi connectivity index (χ4n) is 3.21. The van der Waals surface area contributed by atoms with Crippen LogP contribution in [0.1, 0.15) is 56.8 Å². The molecule has 1 aromatic carbocycles. The van der Waals surface area contributed by atoms with Crippen LogP contribution in [0.15, 0.2) is 24.3 Å². The molecule has 1 aromatic rings. The van der Waals surface area contributed by atoms with Crippen LogP contribution in [-0.4, -0.2) is 11.7 Å². The Morgan fingerprint density at radius 3 is 2.37 bits per heavy atom. The highest BCUT2D eigenvalue weighted by molar-refractivity contribution is 5.26. The predicted molar refractivity (Wildman–Crippen MR) is 79.9 cm³/mol. The molecular weight excluding hydrogens is 234 g/mol. The number of aliphatic hydroxyl groups is 1. The highest BCUT2D eigenvalue weighted by Crippen LogP contribution is 2.50. The van der Waals surface area contributed by atoms with Gasteiger partial charge in [0.15, 0.2) is 0 Å². The molecule has 1 saturated carbocycles. The molecule has 106 valence electrons. The third kappa shape index (κ3) is 3.01. The van der Waals surface area contributed by atoms with Gasteiger partial charge < -0.3 is 10.8 Å². The minimum Gasteiger partial charge on any atom is -0.388 e. The maximum Gasteiger partial charge on any atom is 0.0858 e. The maximum absolute atomic E-state index is 10.8. The minimum atomic E-state index is -0.437. The Bertz CT molecular complexity index is 429. The molecule has 1 fully saturated rings. The molecule has 0 aromatic heterocycles. The van der Waals surface area contributed by atoms with Crippen LogP contribution < -0.4 is 5.73 Å². The zero-order chi connectivity index (χ0) is 14.1. The van der Waals surface area contributed by atoms with E-state index in [1.807, 2.05) is 12.1 Å². The van der Waals surface area contributed by atoms with Crippen molar-refractivity contribution in [1.82, 2.24) is 0 Å². The van der Waals surface area contributed by atoms with E-state index in [1.54, 1.807) is 0 Å². The SMILES string of the molecule is Cc1cccc(C(O)C2(CN)CCC(C)(C)CC2)c1. The van der Waals surface area contributed by atoms with Crippen LogP contribution in [0.25, 0.3) is 0 Å². The molecule has 1 unspecified atom stereocenters. The summed E-state index contributed by atoms with van der Waals surface area (Å²) in [6.07, 6.45) is 3.89. The Balaban J connectivity index is 2.22. The van der Waals surface area contributed by atoms with Crippen molar-refractivity contribution in [3.05, 3.63) is 35.4 Å². The van der Waals surface area contributed by atoms with E-state index in [0.717, 1.165) is 31.2 Å². The quantitative estimate of drug-likeness (QED) is 0.873.